The number of likely N-dealkylation sites (tertiary alicyclic amines) is 1. The predicted molar refractivity (Wildman–Crippen MR) is 72.5 cm³/mol. The predicted octanol–water partition coefficient (Wildman–Crippen LogP) is 2.27. The van der Waals surface area contributed by atoms with Crippen molar-refractivity contribution in [2.75, 3.05) is 19.6 Å². The zero-order valence-corrected chi connectivity index (χ0v) is 12.1. The zero-order chi connectivity index (χ0) is 14.3. The number of nitrogens with one attached hydrogen (secondary N) is 1. The van der Waals surface area contributed by atoms with E-state index in [9.17, 15) is 13.6 Å². The first-order valence-corrected chi connectivity index (χ1v) is 7.91. The molecule has 5 heteroatoms. The van der Waals surface area contributed by atoms with Gasteiger partial charge in [0, 0.05) is 44.4 Å². The van der Waals surface area contributed by atoms with Crippen LogP contribution in [0.5, 0.6) is 0 Å². The SMILES string of the molecule is CCC1C2CNCC2CN1C(=O)C1CCC(F)(F)CC1. The number of alkyl halides is 2. The highest BCUT2D eigenvalue weighted by molar-refractivity contribution is 5.79. The Morgan fingerprint density at radius 2 is 2.00 bits per heavy atom. The van der Waals surface area contributed by atoms with Gasteiger partial charge < -0.3 is 10.2 Å². The normalized spacial score (nSPS) is 37.1. The Morgan fingerprint density at radius 3 is 2.65 bits per heavy atom. The van der Waals surface area contributed by atoms with Gasteiger partial charge >= 0.3 is 0 Å². The van der Waals surface area contributed by atoms with Crippen LogP contribution >= 0.6 is 0 Å². The van der Waals surface area contributed by atoms with E-state index in [-0.39, 0.29) is 24.7 Å². The maximum atomic E-state index is 13.2. The Balaban J connectivity index is 1.65. The molecule has 1 amide bonds. The van der Waals surface area contributed by atoms with Gasteiger partial charge in [-0.05, 0) is 31.1 Å². The molecule has 3 aliphatic rings. The molecule has 0 radical (unpaired) electrons. The summed E-state index contributed by atoms with van der Waals surface area (Å²) in [5, 5.41) is 3.40. The second kappa shape index (κ2) is 5.24. The maximum Gasteiger partial charge on any atom is 0.248 e. The molecule has 2 heterocycles. The highest BCUT2D eigenvalue weighted by Crippen LogP contribution is 2.40. The molecular formula is C15H24F2N2O. The first kappa shape index (κ1) is 14.2. The fourth-order valence-electron chi connectivity index (χ4n) is 4.32. The molecule has 2 aliphatic heterocycles. The highest BCUT2D eigenvalue weighted by Gasteiger charge is 2.47. The Bertz CT molecular complexity index is 378. The number of amides is 1. The minimum absolute atomic E-state index is 0.123. The summed E-state index contributed by atoms with van der Waals surface area (Å²) in [5.74, 6) is -1.45. The summed E-state index contributed by atoms with van der Waals surface area (Å²) in [6.45, 7) is 4.94. The van der Waals surface area contributed by atoms with E-state index in [1.54, 1.807) is 0 Å². The van der Waals surface area contributed by atoms with E-state index in [1.165, 1.54) is 0 Å². The van der Waals surface area contributed by atoms with E-state index in [1.807, 2.05) is 4.90 Å². The molecule has 0 bridgehead atoms. The number of fused-ring (bicyclic) bond motifs is 1. The molecule has 0 aromatic rings. The third-order valence-corrected chi connectivity index (χ3v) is 5.49. The van der Waals surface area contributed by atoms with Gasteiger partial charge in [0.2, 0.25) is 11.8 Å². The summed E-state index contributed by atoms with van der Waals surface area (Å²) in [6.07, 6.45) is 1.43. The number of rotatable bonds is 2. The molecule has 1 aliphatic carbocycles. The summed E-state index contributed by atoms with van der Waals surface area (Å²) in [7, 11) is 0. The fraction of sp³-hybridized carbons (Fsp3) is 0.933. The molecule has 3 rings (SSSR count). The first-order valence-electron chi connectivity index (χ1n) is 7.91. The van der Waals surface area contributed by atoms with Crippen molar-refractivity contribution in [3.05, 3.63) is 0 Å². The molecule has 3 nitrogen and oxygen atoms in total. The van der Waals surface area contributed by atoms with Crippen molar-refractivity contribution in [3.8, 4) is 0 Å². The van der Waals surface area contributed by atoms with Gasteiger partial charge in [-0.3, -0.25) is 4.79 Å². The zero-order valence-electron chi connectivity index (χ0n) is 12.1. The van der Waals surface area contributed by atoms with Crippen LogP contribution in [0, 0.1) is 17.8 Å². The van der Waals surface area contributed by atoms with Crippen molar-refractivity contribution < 1.29 is 13.6 Å². The fourth-order valence-corrected chi connectivity index (χ4v) is 4.32. The lowest BCUT2D eigenvalue weighted by Crippen LogP contribution is -2.44. The maximum absolute atomic E-state index is 13.2. The van der Waals surface area contributed by atoms with Gasteiger partial charge in [-0.2, -0.15) is 0 Å². The minimum Gasteiger partial charge on any atom is -0.339 e. The van der Waals surface area contributed by atoms with Crippen molar-refractivity contribution in [1.82, 2.24) is 10.2 Å². The van der Waals surface area contributed by atoms with E-state index in [0.717, 1.165) is 26.1 Å². The Hall–Kier alpha value is -0.710. The molecule has 0 spiro atoms. The molecule has 114 valence electrons. The number of hydrogen-bond donors (Lipinski definition) is 1. The molecule has 20 heavy (non-hydrogen) atoms. The van der Waals surface area contributed by atoms with Crippen molar-refractivity contribution >= 4 is 5.91 Å². The van der Waals surface area contributed by atoms with Gasteiger partial charge in [0.05, 0.1) is 0 Å². The Kier molecular flexibility index (Phi) is 3.73. The van der Waals surface area contributed by atoms with Crippen LogP contribution in [0.3, 0.4) is 0 Å². The lowest BCUT2D eigenvalue weighted by Gasteiger charge is -2.34. The second-order valence-corrected chi connectivity index (χ2v) is 6.68. The molecule has 3 fully saturated rings. The van der Waals surface area contributed by atoms with Crippen molar-refractivity contribution in [2.45, 2.75) is 51.0 Å². The van der Waals surface area contributed by atoms with E-state index in [2.05, 4.69) is 12.2 Å². The van der Waals surface area contributed by atoms with Crippen LogP contribution < -0.4 is 5.32 Å². The van der Waals surface area contributed by atoms with Crippen LogP contribution in [-0.4, -0.2) is 42.4 Å². The molecule has 3 unspecified atom stereocenters. The van der Waals surface area contributed by atoms with Crippen LogP contribution in [0.4, 0.5) is 8.78 Å². The molecule has 1 saturated carbocycles. The molecule has 1 N–H and O–H groups in total. The monoisotopic (exact) mass is 286 g/mol. The average molecular weight is 286 g/mol. The molecule has 3 atom stereocenters. The Labute approximate surface area is 119 Å². The number of nitrogens with zero attached hydrogens (tertiary/aromatic N) is 1. The summed E-state index contributed by atoms with van der Waals surface area (Å²) in [4.78, 5) is 14.7. The van der Waals surface area contributed by atoms with Gasteiger partial charge in [0.15, 0.2) is 0 Å². The van der Waals surface area contributed by atoms with Crippen LogP contribution in [-0.2, 0) is 4.79 Å². The first-order chi connectivity index (χ1) is 9.52. The summed E-state index contributed by atoms with van der Waals surface area (Å²) < 4.78 is 26.4. The van der Waals surface area contributed by atoms with Gasteiger partial charge in [-0.1, -0.05) is 6.92 Å². The molecular weight excluding hydrogens is 262 g/mol. The average Bonchev–Trinajstić information content (AvgIpc) is 2.97. The summed E-state index contributed by atoms with van der Waals surface area (Å²) in [6, 6.07) is 0.310. The molecule has 0 aromatic carbocycles. The van der Waals surface area contributed by atoms with Gasteiger partial charge in [-0.15, -0.1) is 0 Å². The van der Waals surface area contributed by atoms with Crippen molar-refractivity contribution in [2.24, 2.45) is 17.8 Å². The Morgan fingerprint density at radius 1 is 1.30 bits per heavy atom. The number of hydrogen-bond acceptors (Lipinski definition) is 2. The largest absolute Gasteiger partial charge is 0.339 e. The van der Waals surface area contributed by atoms with E-state index in [0.29, 0.717) is 30.7 Å². The van der Waals surface area contributed by atoms with Gasteiger partial charge in [-0.25, -0.2) is 8.78 Å². The molecule has 2 saturated heterocycles. The van der Waals surface area contributed by atoms with Crippen LogP contribution in [0.1, 0.15) is 39.0 Å². The van der Waals surface area contributed by atoms with Crippen LogP contribution in [0.25, 0.3) is 0 Å². The van der Waals surface area contributed by atoms with E-state index in [4.69, 9.17) is 0 Å². The third kappa shape index (κ3) is 2.45. The van der Waals surface area contributed by atoms with Gasteiger partial charge in [0.25, 0.3) is 0 Å². The van der Waals surface area contributed by atoms with Crippen molar-refractivity contribution in [3.63, 3.8) is 0 Å². The smallest absolute Gasteiger partial charge is 0.248 e. The second-order valence-electron chi connectivity index (χ2n) is 6.68. The summed E-state index contributed by atoms with van der Waals surface area (Å²) >= 11 is 0. The standard InChI is InChI=1S/C15H24F2N2O/c1-2-13-12-8-18-7-11(12)9-19(13)14(20)10-3-5-15(16,17)6-4-10/h10-13,18H,2-9H2,1H3. The van der Waals surface area contributed by atoms with Crippen molar-refractivity contribution in [1.29, 1.82) is 0 Å². The topological polar surface area (TPSA) is 32.3 Å². The molecule has 0 aromatic heterocycles. The highest BCUT2D eigenvalue weighted by atomic mass is 19.3. The summed E-state index contributed by atoms with van der Waals surface area (Å²) in [5.41, 5.74) is 0. The number of carbonyl (C=O) groups is 1. The third-order valence-electron chi connectivity index (χ3n) is 5.49. The quantitative estimate of drug-likeness (QED) is 0.844. The number of carbonyl (C=O) groups excluding carboxylic acids is 1. The van der Waals surface area contributed by atoms with E-state index < -0.39 is 5.92 Å². The van der Waals surface area contributed by atoms with E-state index >= 15 is 0 Å². The van der Waals surface area contributed by atoms with Crippen LogP contribution in [0.2, 0.25) is 0 Å². The lowest BCUT2D eigenvalue weighted by atomic mass is 9.85. The number of halogens is 2. The van der Waals surface area contributed by atoms with Crippen LogP contribution in [0.15, 0.2) is 0 Å². The lowest BCUT2D eigenvalue weighted by molar-refractivity contribution is -0.141. The minimum atomic E-state index is -2.55. The van der Waals surface area contributed by atoms with Gasteiger partial charge in [0.1, 0.15) is 0 Å².